The molecule has 1 aromatic carbocycles. The maximum atomic E-state index is 10.7. The maximum Gasteiger partial charge on any atom is 0.313 e. The number of carboxylic acids is 1. The molecule has 0 atom stereocenters. The first-order valence-corrected chi connectivity index (χ1v) is 8.21. The summed E-state index contributed by atoms with van der Waals surface area (Å²) < 4.78 is 8.10. The third-order valence-electron chi connectivity index (χ3n) is 2.64. The van der Waals surface area contributed by atoms with Gasteiger partial charge >= 0.3 is 5.97 Å². The van der Waals surface area contributed by atoms with E-state index in [2.05, 4.69) is 32.8 Å². The molecule has 1 N–H and O–H groups in total. The number of aliphatic carboxylic acids is 1. The third-order valence-corrected chi connectivity index (χ3v) is 4.27. The number of carboxylic acid groups (broad SMARTS) is 1. The van der Waals surface area contributed by atoms with E-state index in [-0.39, 0.29) is 5.75 Å². The summed E-state index contributed by atoms with van der Waals surface area (Å²) in [5.74, 6) is -0.201. The lowest BCUT2D eigenvalue weighted by atomic mass is 10.2. The van der Waals surface area contributed by atoms with Crippen LogP contribution in [-0.4, -0.2) is 45.3 Å². The second kappa shape index (κ2) is 7.76. The monoisotopic (exact) mass is 419 g/mol. The van der Waals surface area contributed by atoms with Gasteiger partial charge < -0.3 is 9.84 Å². The van der Waals surface area contributed by atoms with E-state index < -0.39 is 5.97 Å². The molecule has 0 fully saturated rings. The van der Waals surface area contributed by atoms with Crippen molar-refractivity contribution >= 4 is 40.3 Å². The molecular formula is C13H14IN3O3S. The van der Waals surface area contributed by atoms with Crippen LogP contribution in [0.2, 0.25) is 0 Å². The standard InChI is InChI=1S/C13H14IN3O3S/c1-20-6-5-17-12(9-3-2-4-10(14)7-9)15-16-13(17)21-8-11(18)19/h2-4,7H,5-6,8H2,1H3,(H,18,19). The van der Waals surface area contributed by atoms with E-state index in [0.717, 1.165) is 26.7 Å². The molecule has 0 saturated carbocycles. The molecule has 1 heterocycles. The number of thioether (sulfide) groups is 1. The molecule has 0 aliphatic carbocycles. The highest BCUT2D eigenvalue weighted by molar-refractivity contribution is 14.1. The van der Waals surface area contributed by atoms with Gasteiger partial charge in [-0.3, -0.25) is 9.36 Å². The molecule has 1 aromatic heterocycles. The number of hydrogen-bond acceptors (Lipinski definition) is 5. The number of hydrogen-bond donors (Lipinski definition) is 1. The zero-order valence-corrected chi connectivity index (χ0v) is 14.3. The molecule has 8 heteroatoms. The molecule has 0 spiro atoms. The average molecular weight is 419 g/mol. The molecule has 112 valence electrons. The van der Waals surface area contributed by atoms with Crippen LogP contribution in [0.4, 0.5) is 0 Å². The second-order valence-corrected chi connectivity index (χ2v) is 6.33. The van der Waals surface area contributed by atoms with Crippen molar-refractivity contribution < 1.29 is 14.6 Å². The number of benzene rings is 1. The number of methoxy groups -OCH3 is 1. The van der Waals surface area contributed by atoms with Gasteiger partial charge in [0.05, 0.1) is 18.9 Å². The molecule has 0 aliphatic rings. The molecule has 6 nitrogen and oxygen atoms in total. The normalized spacial score (nSPS) is 10.8. The van der Waals surface area contributed by atoms with E-state index >= 15 is 0 Å². The van der Waals surface area contributed by atoms with Crippen LogP contribution in [0.5, 0.6) is 0 Å². The Hall–Kier alpha value is -1.13. The highest BCUT2D eigenvalue weighted by Crippen LogP contribution is 2.25. The molecule has 0 unspecified atom stereocenters. The van der Waals surface area contributed by atoms with Gasteiger partial charge in [-0.2, -0.15) is 0 Å². The third kappa shape index (κ3) is 4.42. The number of carbonyl (C=O) groups is 1. The Morgan fingerprint density at radius 3 is 2.95 bits per heavy atom. The molecule has 21 heavy (non-hydrogen) atoms. The Morgan fingerprint density at radius 1 is 1.48 bits per heavy atom. The quantitative estimate of drug-likeness (QED) is 0.549. The van der Waals surface area contributed by atoms with Crippen LogP contribution in [0, 0.1) is 3.57 Å². The van der Waals surface area contributed by atoms with Gasteiger partial charge in [0.25, 0.3) is 0 Å². The van der Waals surface area contributed by atoms with E-state index in [1.165, 1.54) is 0 Å². The minimum Gasteiger partial charge on any atom is -0.481 e. The predicted molar refractivity (Wildman–Crippen MR) is 88.4 cm³/mol. The topological polar surface area (TPSA) is 77.2 Å². The van der Waals surface area contributed by atoms with Crippen LogP contribution in [0.25, 0.3) is 11.4 Å². The Labute approximate surface area is 140 Å². The Morgan fingerprint density at radius 2 is 2.29 bits per heavy atom. The Balaban J connectivity index is 2.33. The molecule has 0 saturated heterocycles. The van der Waals surface area contributed by atoms with Gasteiger partial charge in [0, 0.05) is 16.2 Å². The summed E-state index contributed by atoms with van der Waals surface area (Å²) in [5.41, 5.74) is 0.952. The zero-order chi connectivity index (χ0) is 15.2. The van der Waals surface area contributed by atoms with Gasteiger partial charge in [0.15, 0.2) is 11.0 Å². The van der Waals surface area contributed by atoms with Gasteiger partial charge in [-0.15, -0.1) is 10.2 Å². The lowest BCUT2D eigenvalue weighted by molar-refractivity contribution is -0.133. The SMILES string of the molecule is COCCn1c(SCC(=O)O)nnc1-c1cccc(I)c1. The fourth-order valence-electron chi connectivity index (χ4n) is 1.75. The van der Waals surface area contributed by atoms with E-state index in [1.54, 1.807) is 7.11 Å². The summed E-state index contributed by atoms with van der Waals surface area (Å²) in [5, 5.41) is 17.7. The molecule has 0 bridgehead atoms. The molecule has 0 amide bonds. The summed E-state index contributed by atoms with van der Waals surface area (Å²) >= 11 is 3.40. The zero-order valence-electron chi connectivity index (χ0n) is 11.3. The van der Waals surface area contributed by atoms with E-state index in [4.69, 9.17) is 9.84 Å². The van der Waals surface area contributed by atoms with Crippen molar-refractivity contribution in [3.8, 4) is 11.4 Å². The first-order valence-electron chi connectivity index (χ1n) is 6.14. The van der Waals surface area contributed by atoms with Crippen LogP contribution in [0.15, 0.2) is 29.4 Å². The Kier molecular flexibility index (Phi) is 6.00. The van der Waals surface area contributed by atoms with E-state index in [0.29, 0.717) is 18.3 Å². The average Bonchev–Trinajstić information content (AvgIpc) is 2.85. The van der Waals surface area contributed by atoms with Crippen molar-refractivity contribution in [3.63, 3.8) is 0 Å². The van der Waals surface area contributed by atoms with E-state index in [9.17, 15) is 4.79 Å². The summed E-state index contributed by atoms with van der Waals surface area (Å²) in [6.07, 6.45) is 0. The highest BCUT2D eigenvalue weighted by Gasteiger charge is 2.15. The number of rotatable bonds is 7. The van der Waals surface area contributed by atoms with Crippen LogP contribution in [-0.2, 0) is 16.1 Å². The second-order valence-electron chi connectivity index (χ2n) is 4.14. The summed E-state index contributed by atoms with van der Waals surface area (Å²) in [4.78, 5) is 10.7. The maximum absolute atomic E-state index is 10.7. The fraction of sp³-hybridized carbons (Fsp3) is 0.308. The largest absolute Gasteiger partial charge is 0.481 e. The number of aromatic nitrogens is 3. The summed E-state index contributed by atoms with van der Waals surface area (Å²) in [6, 6.07) is 7.93. The summed E-state index contributed by atoms with van der Waals surface area (Å²) in [7, 11) is 1.62. The molecule has 0 radical (unpaired) electrons. The fourth-order valence-corrected chi connectivity index (χ4v) is 2.97. The van der Waals surface area contributed by atoms with Crippen LogP contribution in [0.1, 0.15) is 0 Å². The number of nitrogens with zero attached hydrogens (tertiary/aromatic N) is 3. The van der Waals surface area contributed by atoms with Crippen molar-refractivity contribution in [1.82, 2.24) is 14.8 Å². The van der Waals surface area contributed by atoms with Crippen molar-refractivity contribution in [2.45, 2.75) is 11.7 Å². The van der Waals surface area contributed by atoms with Gasteiger partial charge in [0.1, 0.15) is 0 Å². The van der Waals surface area contributed by atoms with Crippen molar-refractivity contribution in [2.24, 2.45) is 0 Å². The van der Waals surface area contributed by atoms with Crippen LogP contribution >= 0.6 is 34.4 Å². The van der Waals surface area contributed by atoms with Gasteiger partial charge in [-0.25, -0.2) is 0 Å². The molecular weight excluding hydrogens is 405 g/mol. The van der Waals surface area contributed by atoms with Crippen LogP contribution in [0.3, 0.4) is 0 Å². The lowest BCUT2D eigenvalue weighted by Crippen LogP contribution is -2.08. The summed E-state index contributed by atoms with van der Waals surface area (Å²) in [6.45, 7) is 1.09. The first-order chi connectivity index (χ1) is 10.1. The highest BCUT2D eigenvalue weighted by atomic mass is 127. The van der Waals surface area contributed by atoms with Crippen molar-refractivity contribution in [1.29, 1.82) is 0 Å². The lowest BCUT2D eigenvalue weighted by Gasteiger charge is -2.09. The van der Waals surface area contributed by atoms with Gasteiger partial charge in [-0.05, 0) is 34.7 Å². The van der Waals surface area contributed by atoms with Crippen molar-refractivity contribution in [2.75, 3.05) is 19.5 Å². The molecule has 0 aliphatic heterocycles. The number of ether oxygens (including phenoxy) is 1. The predicted octanol–water partition coefficient (Wildman–Crippen LogP) is 2.37. The minimum absolute atomic E-state index is 0.0442. The van der Waals surface area contributed by atoms with Gasteiger partial charge in [-0.1, -0.05) is 23.9 Å². The number of halogens is 1. The Bertz CT molecular complexity index is 633. The molecule has 2 rings (SSSR count). The minimum atomic E-state index is -0.878. The van der Waals surface area contributed by atoms with Crippen LogP contribution < -0.4 is 0 Å². The van der Waals surface area contributed by atoms with E-state index in [1.807, 2.05) is 28.8 Å². The smallest absolute Gasteiger partial charge is 0.313 e. The van der Waals surface area contributed by atoms with Crippen molar-refractivity contribution in [3.05, 3.63) is 27.8 Å². The van der Waals surface area contributed by atoms with Gasteiger partial charge in [0.2, 0.25) is 0 Å². The first kappa shape index (κ1) is 16.2. The molecule has 2 aromatic rings.